The van der Waals surface area contributed by atoms with Crippen LogP contribution in [0.15, 0.2) is 42.5 Å². The van der Waals surface area contributed by atoms with Crippen molar-refractivity contribution in [3.8, 4) is 0 Å². The van der Waals surface area contributed by atoms with Crippen molar-refractivity contribution < 1.29 is 0 Å². The second kappa shape index (κ2) is 5.03. The molecule has 0 bridgehead atoms. The maximum absolute atomic E-state index is 4.76. The summed E-state index contributed by atoms with van der Waals surface area (Å²) < 4.78 is 2.37. The van der Waals surface area contributed by atoms with Crippen molar-refractivity contribution >= 4 is 11.0 Å². The monoisotopic (exact) mass is 276 g/mol. The molecule has 1 heterocycles. The normalized spacial score (nSPS) is 13.8. The van der Waals surface area contributed by atoms with Gasteiger partial charge in [0.2, 0.25) is 0 Å². The van der Waals surface area contributed by atoms with Gasteiger partial charge < -0.3 is 4.57 Å². The molecule has 0 N–H and O–H groups in total. The number of aryl methyl sites for hydroxylation is 3. The van der Waals surface area contributed by atoms with Crippen molar-refractivity contribution in [3.63, 3.8) is 0 Å². The summed E-state index contributed by atoms with van der Waals surface area (Å²) in [4.78, 5) is 4.76. The minimum absolute atomic E-state index is 0.928. The molecule has 3 aromatic rings. The van der Waals surface area contributed by atoms with E-state index in [4.69, 9.17) is 4.98 Å². The number of rotatable bonds is 3. The van der Waals surface area contributed by atoms with E-state index in [1.54, 1.807) is 11.1 Å². The zero-order valence-electron chi connectivity index (χ0n) is 12.5. The van der Waals surface area contributed by atoms with Crippen LogP contribution in [0.25, 0.3) is 11.0 Å². The van der Waals surface area contributed by atoms with Crippen molar-refractivity contribution in [2.75, 3.05) is 0 Å². The molecule has 0 saturated heterocycles. The number of benzene rings is 2. The highest BCUT2D eigenvalue weighted by molar-refractivity contribution is 5.76. The van der Waals surface area contributed by atoms with Gasteiger partial charge in [0.05, 0.1) is 11.0 Å². The minimum atomic E-state index is 0.928. The lowest BCUT2D eigenvalue weighted by atomic mass is 10.1. The average molecular weight is 276 g/mol. The fourth-order valence-electron chi connectivity index (χ4n) is 3.48. The Morgan fingerprint density at radius 3 is 2.81 bits per heavy atom. The molecule has 0 spiro atoms. The molecule has 0 saturated carbocycles. The number of hydrogen-bond donors (Lipinski definition) is 0. The van der Waals surface area contributed by atoms with Crippen molar-refractivity contribution in [2.24, 2.45) is 0 Å². The first-order chi connectivity index (χ1) is 10.3. The fourth-order valence-corrected chi connectivity index (χ4v) is 3.48. The Bertz CT molecular complexity index is 798. The van der Waals surface area contributed by atoms with Gasteiger partial charge in [-0.2, -0.15) is 0 Å². The molecule has 2 aromatic carbocycles. The number of fused-ring (bicyclic) bond motifs is 2. The maximum Gasteiger partial charge on any atom is 0.109 e. The average Bonchev–Trinajstić information content (AvgIpc) is 3.11. The molecule has 2 nitrogen and oxygen atoms in total. The maximum atomic E-state index is 4.76. The van der Waals surface area contributed by atoms with Gasteiger partial charge in [0.1, 0.15) is 5.82 Å². The molecule has 0 radical (unpaired) electrons. The summed E-state index contributed by atoms with van der Waals surface area (Å²) in [5.41, 5.74) is 6.85. The third-order valence-corrected chi connectivity index (χ3v) is 4.55. The molecule has 21 heavy (non-hydrogen) atoms. The van der Waals surface area contributed by atoms with Crippen LogP contribution in [0.1, 0.15) is 35.9 Å². The van der Waals surface area contributed by atoms with Crippen LogP contribution in [-0.4, -0.2) is 9.55 Å². The number of hydrogen-bond acceptors (Lipinski definition) is 1. The van der Waals surface area contributed by atoms with E-state index in [-0.39, 0.29) is 0 Å². The molecule has 0 atom stereocenters. The van der Waals surface area contributed by atoms with E-state index in [2.05, 4.69) is 54.0 Å². The molecule has 0 amide bonds. The highest BCUT2D eigenvalue weighted by atomic mass is 15.1. The Hall–Kier alpha value is -2.09. The van der Waals surface area contributed by atoms with Gasteiger partial charge in [0, 0.05) is 13.0 Å². The summed E-state index contributed by atoms with van der Waals surface area (Å²) in [6, 6.07) is 15.5. The standard InChI is InChI=1S/C19H20N2/c1-2-19-20-17-8-3-4-9-18(17)21(19)13-14-10-11-15-6-5-7-16(15)12-14/h3-4,8-12H,2,5-7,13H2,1H3. The smallest absolute Gasteiger partial charge is 0.109 e. The summed E-state index contributed by atoms with van der Waals surface area (Å²) in [7, 11) is 0. The summed E-state index contributed by atoms with van der Waals surface area (Å²) in [6.45, 7) is 3.11. The summed E-state index contributed by atoms with van der Waals surface area (Å²) in [5.74, 6) is 1.18. The van der Waals surface area contributed by atoms with Gasteiger partial charge in [-0.1, -0.05) is 37.3 Å². The topological polar surface area (TPSA) is 17.8 Å². The van der Waals surface area contributed by atoms with Crippen molar-refractivity contribution in [1.29, 1.82) is 0 Å². The lowest BCUT2D eigenvalue weighted by Gasteiger charge is -2.10. The summed E-state index contributed by atoms with van der Waals surface area (Å²) >= 11 is 0. The van der Waals surface area contributed by atoms with Gasteiger partial charge in [0.25, 0.3) is 0 Å². The van der Waals surface area contributed by atoms with Crippen LogP contribution in [0.5, 0.6) is 0 Å². The van der Waals surface area contributed by atoms with Crippen LogP contribution in [0.2, 0.25) is 0 Å². The Morgan fingerprint density at radius 1 is 1.05 bits per heavy atom. The zero-order chi connectivity index (χ0) is 14.2. The molecule has 0 aliphatic heterocycles. The largest absolute Gasteiger partial charge is 0.323 e. The molecule has 0 unspecified atom stereocenters. The van der Waals surface area contributed by atoms with Crippen LogP contribution in [0.3, 0.4) is 0 Å². The van der Waals surface area contributed by atoms with Gasteiger partial charge in [-0.05, 0) is 48.1 Å². The van der Waals surface area contributed by atoms with E-state index in [0.29, 0.717) is 0 Å². The van der Waals surface area contributed by atoms with Gasteiger partial charge in [-0.25, -0.2) is 4.98 Å². The third kappa shape index (κ3) is 2.15. The molecule has 0 fully saturated rings. The molecule has 1 aliphatic rings. The van der Waals surface area contributed by atoms with Gasteiger partial charge in [0.15, 0.2) is 0 Å². The number of para-hydroxylation sites is 2. The lowest BCUT2D eigenvalue weighted by molar-refractivity contribution is 0.752. The van der Waals surface area contributed by atoms with E-state index in [0.717, 1.165) is 18.5 Å². The lowest BCUT2D eigenvalue weighted by Crippen LogP contribution is -2.04. The second-order valence-corrected chi connectivity index (χ2v) is 5.91. The highest BCUT2D eigenvalue weighted by Crippen LogP contribution is 2.24. The van der Waals surface area contributed by atoms with Crippen LogP contribution in [0.4, 0.5) is 0 Å². The van der Waals surface area contributed by atoms with Crippen molar-refractivity contribution in [3.05, 3.63) is 65.0 Å². The van der Waals surface area contributed by atoms with Gasteiger partial charge >= 0.3 is 0 Å². The fraction of sp³-hybridized carbons (Fsp3) is 0.316. The van der Waals surface area contributed by atoms with E-state index < -0.39 is 0 Å². The van der Waals surface area contributed by atoms with Crippen LogP contribution in [0, 0.1) is 0 Å². The molecule has 4 rings (SSSR count). The first kappa shape index (κ1) is 12.6. The van der Waals surface area contributed by atoms with E-state index in [9.17, 15) is 0 Å². The minimum Gasteiger partial charge on any atom is -0.323 e. The molecule has 106 valence electrons. The molecular weight excluding hydrogens is 256 g/mol. The van der Waals surface area contributed by atoms with Crippen LogP contribution in [-0.2, 0) is 25.8 Å². The SMILES string of the molecule is CCc1nc2ccccc2n1Cc1ccc2c(c1)CCC2. The van der Waals surface area contributed by atoms with Gasteiger partial charge in [-0.15, -0.1) is 0 Å². The zero-order valence-corrected chi connectivity index (χ0v) is 12.5. The Labute approximate surface area is 125 Å². The van der Waals surface area contributed by atoms with E-state index in [1.807, 2.05) is 0 Å². The molecule has 2 heteroatoms. The number of aromatic nitrogens is 2. The third-order valence-electron chi connectivity index (χ3n) is 4.55. The quantitative estimate of drug-likeness (QED) is 0.703. The molecule has 1 aliphatic carbocycles. The number of nitrogens with zero attached hydrogens (tertiary/aromatic N) is 2. The first-order valence-electron chi connectivity index (χ1n) is 7.90. The summed E-state index contributed by atoms with van der Waals surface area (Å²) in [5, 5.41) is 0. The Balaban J connectivity index is 1.77. The Morgan fingerprint density at radius 2 is 1.90 bits per heavy atom. The predicted molar refractivity (Wildman–Crippen MR) is 86.7 cm³/mol. The highest BCUT2D eigenvalue weighted by Gasteiger charge is 2.13. The van der Waals surface area contributed by atoms with E-state index >= 15 is 0 Å². The van der Waals surface area contributed by atoms with Crippen LogP contribution < -0.4 is 0 Å². The first-order valence-corrected chi connectivity index (χ1v) is 7.90. The second-order valence-electron chi connectivity index (χ2n) is 5.91. The van der Waals surface area contributed by atoms with Crippen molar-refractivity contribution in [2.45, 2.75) is 39.2 Å². The van der Waals surface area contributed by atoms with Crippen LogP contribution >= 0.6 is 0 Å². The Kier molecular flexibility index (Phi) is 3.03. The summed E-state index contributed by atoms with van der Waals surface area (Å²) in [6.07, 6.45) is 4.78. The molecular formula is C19H20N2. The number of imidazole rings is 1. The predicted octanol–water partition coefficient (Wildman–Crippen LogP) is 4.14. The van der Waals surface area contributed by atoms with E-state index in [1.165, 1.54) is 36.2 Å². The van der Waals surface area contributed by atoms with Crippen molar-refractivity contribution in [1.82, 2.24) is 9.55 Å². The van der Waals surface area contributed by atoms with Gasteiger partial charge in [-0.3, -0.25) is 0 Å². The molecule has 1 aromatic heterocycles.